The molecule has 0 radical (unpaired) electrons. The monoisotopic (exact) mass is 456 g/mol. The number of hydrogen-bond donors (Lipinski definition) is 1. The second kappa shape index (κ2) is 9.24. The van der Waals surface area contributed by atoms with E-state index in [-0.39, 0.29) is 18.1 Å². The third kappa shape index (κ3) is 4.28. The van der Waals surface area contributed by atoms with Gasteiger partial charge in [0.2, 0.25) is 11.6 Å². The zero-order chi connectivity index (χ0) is 23.5. The highest BCUT2D eigenvalue weighted by Crippen LogP contribution is 2.31. The number of ketones is 1. The van der Waals surface area contributed by atoms with E-state index >= 15 is 0 Å². The van der Waals surface area contributed by atoms with Crippen LogP contribution in [-0.2, 0) is 11.2 Å². The number of hydrogen-bond acceptors (Lipinski definition) is 9. The van der Waals surface area contributed by atoms with Crippen LogP contribution < -0.4 is 0 Å². The van der Waals surface area contributed by atoms with Crippen molar-refractivity contribution in [3.8, 4) is 34.3 Å². The van der Waals surface area contributed by atoms with Crippen molar-refractivity contribution in [2.45, 2.75) is 25.9 Å². The number of carbonyl (C=O) groups is 1. The number of Topliss-reactive ketones (excluding diaryl/α,β-unsaturated/α-hetero) is 1. The Hall–Kier alpha value is -4.37. The first-order chi connectivity index (χ1) is 16.6. The van der Waals surface area contributed by atoms with Crippen LogP contribution in [0.2, 0.25) is 0 Å². The fourth-order valence-corrected chi connectivity index (χ4v) is 3.58. The summed E-state index contributed by atoms with van der Waals surface area (Å²) in [5.41, 5.74) is 3.57. The van der Waals surface area contributed by atoms with Gasteiger partial charge < -0.3 is 18.6 Å². The lowest BCUT2D eigenvalue weighted by Gasteiger charge is -2.09. The van der Waals surface area contributed by atoms with Gasteiger partial charge in [0.05, 0.1) is 6.20 Å². The number of carbonyl (C=O) groups excluding carboxylic acids is 1. The van der Waals surface area contributed by atoms with Crippen molar-refractivity contribution in [1.82, 2.24) is 20.3 Å². The maximum atomic E-state index is 12.3. The molecule has 5 rings (SSSR count). The van der Waals surface area contributed by atoms with Crippen molar-refractivity contribution >= 4 is 5.78 Å². The van der Waals surface area contributed by atoms with Crippen molar-refractivity contribution in [2.24, 2.45) is 0 Å². The van der Waals surface area contributed by atoms with Crippen LogP contribution in [0.1, 0.15) is 29.5 Å². The summed E-state index contributed by atoms with van der Waals surface area (Å²) in [6.45, 7) is 1.88. The molecule has 0 aliphatic heterocycles. The lowest BCUT2D eigenvalue weighted by molar-refractivity contribution is -0.127. The van der Waals surface area contributed by atoms with Crippen LogP contribution in [0.25, 0.3) is 34.3 Å². The average molecular weight is 456 g/mol. The molecule has 0 aliphatic carbocycles. The van der Waals surface area contributed by atoms with Crippen molar-refractivity contribution < 1.29 is 23.4 Å². The molecule has 0 saturated carbocycles. The minimum atomic E-state index is -1.24. The highest BCUT2D eigenvalue weighted by atomic mass is 16.5. The summed E-state index contributed by atoms with van der Waals surface area (Å²) in [5, 5.41) is 18.6. The lowest BCUT2D eigenvalue weighted by atomic mass is 10.0. The van der Waals surface area contributed by atoms with Crippen LogP contribution in [-0.4, -0.2) is 31.2 Å². The smallest absolute Gasteiger partial charge is 0.297 e. The quantitative estimate of drug-likeness (QED) is 0.356. The van der Waals surface area contributed by atoms with E-state index in [4.69, 9.17) is 13.5 Å². The molecule has 3 aromatic heterocycles. The minimum absolute atomic E-state index is 0.124. The number of aryl methyl sites for hydroxylation is 1. The molecule has 1 atom stereocenters. The van der Waals surface area contributed by atoms with E-state index in [0.717, 1.165) is 11.1 Å². The Morgan fingerprint density at radius 1 is 1.00 bits per heavy atom. The molecule has 0 aliphatic rings. The Bertz CT molecular complexity index is 1390. The number of oxazole rings is 1. The summed E-state index contributed by atoms with van der Waals surface area (Å²) in [4.78, 5) is 20.7. The third-order valence-corrected chi connectivity index (χ3v) is 5.45. The van der Waals surface area contributed by atoms with E-state index in [2.05, 4.69) is 20.3 Å². The number of aliphatic hydroxyl groups excluding tert-OH is 1. The number of nitrogens with zero attached hydrogens (tertiary/aromatic N) is 4. The molecule has 2 aromatic carbocycles. The zero-order valence-corrected chi connectivity index (χ0v) is 18.2. The number of aromatic nitrogens is 4. The molecular weight excluding hydrogens is 436 g/mol. The van der Waals surface area contributed by atoms with Gasteiger partial charge >= 0.3 is 0 Å². The Morgan fingerprint density at radius 3 is 2.53 bits per heavy atom. The van der Waals surface area contributed by atoms with Crippen LogP contribution in [0, 0.1) is 6.92 Å². The van der Waals surface area contributed by atoms with E-state index in [9.17, 15) is 9.90 Å². The molecule has 3 heterocycles. The summed E-state index contributed by atoms with van der Waals surface area (Å²) in [6, 6.07) is 16.4. The highest BCUT2D eigenvalue weighted by molar-refractivity contribution is 5.84. The SMILES string of the molecule is Cc1c(-c2ccccc2)noc1-c1nc(-c2ccc(C(O)C(=O)CCc3ncco3)cc2)no1. The van der Waals surface area contributed by atoms with Crippen LogP contribution in [0.3, 0.4) is 0 Å². The molecule has 1 unspecified atom stereocenters. The molecule has 170 valence electrons. The van der Waals surface area contributed by atoms with Gasteiger partial charge in [0.1, 0.15) is 18.1 Å². The van der Waals surface area contributed by atoms with Crippen molar-refractivity contribution in [3.05, 3.63) is 84.1 Å². The number of rotatable bonds is 8. The fourth-order valence-electron chi connectivity index (χ4n) is 3.58. The number of benzene rings is 2. The maximum absolute atomic E-state index is 12.3. The van der Waals surface area contributed by atoms with E-state index < -0.39 is 6.10 Å². The van der Waals surface area contributed by atoms with E-state index in [1.807, 2.05) is 37.3 Å². The standard InChI is InChI=1S/C25H20N4O5/c1-15-21(16-5-3-2-4-6-16)28-33-23(15)25-27-24(29-34-25)18-9-7-17(8-10-18)22(31)19(30)11-12-20-26-13-14-32-20/h2-10,13-14,22,31H,11-12H2,1H3. The summed E-state index contributed by atoms with van der Waals surface area (Å²) in [6.07, 6.45) is 2.19. The van der Waals surface area contributed by atoms with Crippen LogP contribution in [0.15, 0.2) is 80.5 Å². The summed E-state index contributed by atoms with van der Waals surface area (Å²) < 4.78 is 16.0. The molecule has 0 bridgehead atoms. The molecule has 0 amide bonds. The highest BCUT2D eigenvalue weighted by Gasteiger charge is 2.22. The normalized spacial score (nSPS) is 12.1. The molecule has 0 spiro atoms. The van der Waals surface area contributed by atoms with Gasteiger partial charge in [-0.3, -0.25) is 4.79 Å². The first-order valence-corrected chi connectivity index (χ1v) is 10.7. The molecular formula is C25H20N4O5. The van der Waals surface area contributed by atoms with Gasteiger partial charge in [-0.1, -0.05) is 64.9 Å². The van der Waals surface area contributed by atoms with Crippen molar-refractivity contribution in [1.29, 1.82) is 0 Å². The van der Waals surface area contributed by atoms with E-state index in [1.165, 1.54) is 12.5 Å². The van der Waals surface area contributed by atoms with E-state index in [1.54, 1.807) is 24.3 Å². The summed E-state index contributed by atoms with van der Waals surface area (Å²) in [7, 11) is 0. The van der Waals surface area contributed by atoms with Gasteiger partial charge in [-0.05, 0) is 12.5 Å². The first-order valence-electron chi connectivity index (χ1n) is 10.7. The molecule has 9 heteroatoms. The molecule has 34 heavy (non-hydrogen) atoms. The van der Waals surface area contributed by atoms with Crippen molar-refractivity contribution in [3.63, 3.8) is 0 Å². The largest absolute Gasteiger partial charge is 0.449 e. The van der Waals surface area contributed by atoms with Gasteiger partial charge in [0.25, 0.3) is 5.89 Å². The Labute approximate surface area is 194 Å². The zero-order valence-electron chi connectivity index (χ0n) is 18.2. The van der Waals surface area contributed by atoms with Crippen LogP contribution in [0.5, 0.6) is 0 Å². The molecule has 5 aromatic rings. The maximum Gasteiger partial charge on any atom is 0.297 e. The second-order valence-electron chi connectivity index (χ2n) is 7.69. The summed E-state index contributed by atoms with van der Waals surface area (Å²) >= 11 is 0. The van der Waals surface area contributed by atoms with Gasteiger partial charge in [0, 0.05) is 29.5 Å². The Kier molecular flexibility index (Phi) is 5.84. The van der Waals surface area contributed by atoms with Gasteiger partial charge in [0.15, 0.2) is 11.7 Å². The van der Waals surface area contributed by atoms with Gasteiger partial charge in [-0.25, -0.2) is 4.98 Å². The lowest BCUT2D eigenvalue weighted by Crippen LogP contribution is -2.12. The van der Waals surface area contributed by atoms with Gasteiger partial charge in [-0.15, -0.1) is 0 Å². The Balaban J connectivity index is 1.29. The van der Waals surface area contributed by atoms with Gasteiger partial charge in [-0.2, -0.15) is 4.98 Å². The third-order valence-electron chi connectivity index (χ3n) is 5.45. The predicted octanol–water partition coefficient (Wildman–Crippen LogP) is 4.59. The van der Waals surface area contributed by atoms with Crippen LogP contribution >= 0.6 is 0 Å². The van der Waals surface area contributed by atoms with E-state index in [0.29, 0.717) is 40.7 Å². The van der Waals surface area contributed by atoms with Crippen molar-refractivity contribution in [2.75, 3.05) is 0 Å². The Morgan fingerprint density at radius 2 is 1.79 bits per heavy atom. The fraction of sp³-hybridized carbons (Fsp3) is 0.160. The number of aliphatic hydroxyl groups is 1. The molecule has 9 nitrogen and oxygen atoms in total. The minimum Gasteiger partial charge on any atom is -0.449 e. The summed E-state index contributed by atoms with van der Waals surface area (Å²) in [5.74, 6) is 1.11. The molecule has 0 fully saturated rings. The average Bonchev–Trinajstić information content (AvgIpc) is 3.64. The molecule has 0 saturated heterocycles. The van der Waals surface area contributed by atoms with Crippen LogP contribution in [0.4, 0.5) is 0 Å². The predicted molar refractivity (Wildman–Crippen MR) is 120 cm³/mol. The topological polar surface area (TPSA) is 128 Å². The molecule has 1 N–H and O–H groups in total. The first kappa shape index (κ1) is 21.5. The second-order valence-corrected chi connectivity index (χ2v) is 7.69.